The Hall–Kier alpha value is -0.240. The summed E-state index contributed by atoms with van der Waals surface area (Å²) in [6, 6.07) is 0. The van der Waals surface area contributed by atoms with Gasteiger partial charge in [-0.05, 0) is 38.5 Å². The average molecular weight is 328 g/mol. The summed E-state index contributed by atoms with van der Waals surface area (Å²) in [4.78, 5) is 0. The summed E-state index contributed by atoms with van der Waals surface area (Å²) in [6.07, 6.45) is 6.38. The third kappa shape index (κ3) is 3.72. The van der Waals surface area contributed by atoms with Gasteiger partial charge in [0.25, 0.3) is 0 Å². The number of ether oxygens (including phenoxy) is 6. The average Bonchev–Trinajstić information content (AvgIpc) is 2.65. The van der Waals surface area contributed by atoms with Crippen molar-refractivity contribution < 1.29 is 28.4 Å². The monoisotopic (exact) mass is 328 g/mol. The molecule has 0 amide bonds. The van der Waals surface area contributed by atoms with Gasteiger partial charge in [0.15, 0.2) is 12.6 Å². The molecule has 4 rings (SSSR count). The molecule has 4 saturated heterocycles. The van der Waals surface area contributed by atoms with E-state index in [0.717, 1.165) is 38.9 Å². The van der Waals surface area contributed by atoms with Crippen molar-refractivity contribution >= 4 is 0 Å². The molecule has 23 heavy (non-hydrogen) atoms. The van der Waals surface area contributed by atoms with Gasteiger partial charge in [-0.3, -0.25) is 0 Å². The first-order chi connectivity index (χ1) is 11.3. The van der Waals surface area contributed by atoms with Crippen LogP contribution >= 0.6 is 0 Å². The van der Waals surface area contributed by atoms with Gasteiger partial charge in [0, 0.05) is 13.2 Å². The number of rotatable bonds is 2. The Labute approximate surface area is 137 Å². The van der Waals surface area contributed by atoms with E-state index in [0.29, 0.717) is 26.4 Å². The molecule has 0 aromatic heterocycles. The second kappa shape index (κ2) is 7.33. The second-order valence-corrected chi connectivity index (χ2v) is 7.29. The first-order valence-electron chi connectivity index (χ1n) is 9.04. The topological polar surface area (TPSA) is 55.4 Å². The lowest BCUT2D eigenvalue weighted by molar-refractivity contribution is -0.334. The minimum absolute atomic E-state index is 0.0786. The zero-order chi connectivity index (χ0) is 15.5. The summed E-state index contributed by atoms with van der Waals surface area (Å²) in [5.74, 6) is 0. The molecule has 4 heterocycles. The Morgan fingerprint density at radius 1 is 0.522 bits per heavy atom. The highest BCUT2D eigenvalue weighted by atomic mass is 16.7. The van der Waals surface area contributed by atoms with E-state index in [9.17, 15) is 0 Å². The predicted octanol–water partition coefficient (Wildman–Crippen LogP) is 1.86. The molecular formula is C17H28O6. The van der Waals surface area contributed by atoms with Gasteiger partial charge in [-0.1, -0.05) is 0 Å². The molecule has 2 unspecified atom stereocenters. The fourth-order valence-electron chi connectivity index (χ4n) is 3.77. The highest BCUT2D eigenvalue weighted by molar-refractivity contribution is 4.87. The van der Waals surface area contributed by atoms with E-state index in [2.05, 4.69) is 0 Å². The molecule has 0 N–H and O–H groups in total. The summed E-state index contributed by atoms with van der Waals surface area (Å²) < 4.78 is 35.3. The molecule has 0 aliphatic carbocycles. The van der Waals surface area contributed by atoms with E-state index in [1.807, 2.05) is 0 Å². The molecule has 4 fully saturated rings. The zero-order valence-electron chi connectivity index (χ0n) is 13.7. The van der Waals surface area contributed by atoms with Gasteiger partial charge in [0.1, 0.15) is 12.2 Å². The second-order valence-electron chi connectivity index (χ2n) is 7.29. The van der Waals surface area contributed by atoms with E-state index in [1.165, 1.54) is 12.8 Å². The first kappa shape index (κ1) is 16.2. The maximum absolute atomic E-state index is 5.95. The van der Waals surface area contributed by atoms with Crippen LogP contribution in [0.4, 0.5) is 0 Å². The van der Waals surface area contributed by atoms with Gasteiger partial charge in [0.2, 0.25) is 0 Å². The van der Waals surface area contributed by atoms with Crippen LogP contribution in [0.25, 0.3) is 0 Å². The fourth-order valence-corrected chi connectivity index (χ4v) is 3.77. The maximum Gasteiger partial charge on any atom is 0.183 e. The third-order valence-corrected chi connectivity index (χ3v) is 5.25. The number of hydrogen-bond donors (Lipinski definition) is 0. The van der Waals surface area contributed by atoms with Crippen molar-refractivity contribution in [3.05, 3.63) is 0 Å². The summed E-state index contributed by atoms with van der Waals surface area (Å²) in [6.45, 7) is 4.06. The molecule has 132 valence electrons. The predicted molar refractivity (Wildman–Crippen MR) is 81.0 cm³/mol. The number of hydrogen-bond acceptors (Lipinski definition) is 6. The van der Waals surface area contributed by atoms with Crippen molar-refractivity contribution in [1.29, 1.82) is 0 Å². The van der Waals surface area contributed by atoms with Crippen LogP contribution in [0.1, 0.15) is 38.5 Å². The molecule has 2 atom stereocenters. The van der Waals surface area contributed by atoms with E-state index in [1.54, 1.807) is 0 Å². The van der Waals surface area contributed by atoms with Crippen LogP contribution in [0.3, 0.4) is 0 Å². The Bertz CT molecular complexity index is 322. The van der Waals surface area contributed by atoms with E-state index in [4.69, 9.17) is 28.4 Å². The lowest BCUT2D eigenvalue weighted by Gasteiger charge is -2.46. The summed E-state index contributed by atoms with van der Waals surface area (Å²) in [5.41, 5.74) is -0.184. The van der Waals surface area contributed by atoms with Crippen LogP contribution in [0.5, 0.6) is 0 Å². The SMILES string of the molecule is C1CCC(C2OCC3(CO2)COC(C2CCCCO2)OC3)OC1. The quantitative estimate of drug-likeness (QED) is 0.771. The van der Waals surface area contributed by atoms with Crippen molar-refractivity contribution in [1.82, 2.24) is 0 Å². The van der Waals surface area contributed by atoms with Gasteiger partial charge < -0.3 is 28.4 Å². The minimum atomic E-state index is -0.236. The van der Waals surface area contributed by atoms with Crippen LogP contribution in [-0.4, -0.2) is 64.4 Å². The summed E-state index contributed by atoms with van der Waals surface area (Å²) >= 11 is 0. The molecule has 0 radical (unpaired) electrons. The molecular weight excluding hydrogens is 300 g/mol. The molecule has 0 aromatic carbocycles. The van der Waals surface area contributed by atoms with Gasteiger partial charge >= 0.3 is 0 Å². The summed E-state index contributed by atoms with van der Waals surface area (Å²) in [7, 11) is 0. The van der Waals surface area contributed by atoms with E-state index in [-0.39, 0.29) is 30.2 Å². The third-order valence-electron chi connectivity index (χ3n) is 5.25. The molecule has 0 bridgehead atoms. The zero-order valence-corrected chi connectivity index (χ0v) is 13.7. The summed E-state index contributed by atoms with van der Waals surface area (Å²) in [5, 5.41) is 0. The lowest BCUT2D eigenvalue weighted by atomic mass is 9.90. The van der Waals surface area contributed by atoms with E-state index < -0.39 is 0 Å². The Balaban J connectivity index is 1.25. The molecule has 6 heteroatoms. The Kier molecular flexibility index (Phi) is 5.18. The standard InChI is InChI=1S/C17H28O6/c1-3-7-18-13(5-1)15-20-9-17(10-21-15)11-22-16(23-12-17)14-6-2-4-8-19-14/h13-16H,1-12H2. The van der Waals surface area contributed by atoms with Crippen molar-refractivity contribution in [2.75, 3.05) is 39.6 Å². The van der Waals surface area contributed by atoms with Crippen LogP contribution in [0, 0.1) is 5.41 Å². The van der Waals surface area contributed by atoms with Gasteiger partial charge in [-0.2, -0.15) is 0 Å². The molecule has 6 nitrogen and oxygen atoms in total. The molecule has 4 aliphatic rings. The van der Waals surface area contributed by atoms with Crippen LogP contribution in [0.2, 0.25) is 0 Å². The molecule has 0 saturated carbocycles. The van der Waals surface area contributed by atoms with Crippen molar-refractivity contribution in [2.24, 2.45) is 5.41 Å². The highest BCUT2D eigenvalue weighted by Crippen LogP contribution is 2.34. The van der Waals surface area contributed by atoms with Crippen LogP contribution < -0.4 is 0 Å². The fraction of sp³-hybridized carbons (Fsp3) is 1.00. The minimum Gasteiger partial charge on any atom is -0.373 e. The first-order valence-corrected chi connectivity index (χ1v) is 9.04. The van der Waals surface area contributed by atoms with Crippen molar-refractivity contribution in [2.45, 2.75) is 63.3 Å². The molecule has 1 spiro atoms. The van der Waals surface area contributed by atoms with Crippen molar-refractivity contribution in [3.63, 3.8) is 0 Å². The molecule has 4 aliphatic heterocycles. The van der Waals surface area contributed by atoms with Gasteiger partial charge in [0.05, 0.1) is 31.8 Å². The normalized spacial score (nSPS) is 45.9. The Morgan fingerprint density at radius 3 is 1.30 bits per heavy atom. The lowest BCUT2D eigenvalue weighted by Crippen LogP contribution is -2.56. The van der Waals surface area contributed by atoms with Crippen LogP contribution in [-0.2, 0) is 28.4 Å². The highest BCUT2D eigenvalue weighted by Gasteiger charge is 2.45. The van der Waals surface area contributed by atoms with Crippen molar-refractivity contribution in [3.8, 4) is 0 Å². The van der Waals surface area contributed by atoms with Gasteiger partial charge in [-0.15, -0.1) is 0 Å². The van der Waals surface area contributed by atoms with E-state index >= 15 is 0 Å². The smallest absolute Gasteiger partial charge is 0.183 e. The molecule has 0 aromatic rings. The van der Waals surface area contributed by atoms with Crippen LogP contribution in [0.15, 0.2) is 0 Å². The van der Waals surface area contributed by atoms with Gasteiger partial charge in [-0.25, -0.2) is 0 Å². The Morgan fingerprint density at radius 2 is 0.957 bits per heavy atom. The maximum atomic E-state index is 5.95. The largest absolute Gasteiger partial charge is 0.373 e.